The highest BCUT2D eigenvalue weighted by molar-refractivity contribution is 6.03. The monoisotopic (exact) mass is 421 g/mol. The summed E-state index contributed by atoms with van der Waals surface area (Å²) in [4.78, 5) is 25.3. The molecule has 31 heavy (non-hydrogen) atoms. The fourth-order valence-electron chi connectivity index (χ4n) is 3.44. The predicted octanol–water partition coefficient (Wildman–Crippen LogP) is 4.08. The molecule has 1 aliphatic carbocycles. The van der Waals surface area contributed by atoms with Crippen molar-refractivity contribution in [3.05, 3.63) is 54.0 Å². The highest BCUT2D eigenvalue weighted by Crippen LogP contribution is 2.42. The predicted molar refractivity (Wildman–Crippen MR) is 118 cm³/mol. The molecule has 1 atom stereocenters. The maximum absolute atomic E-state index is 12.7. The molecule has 162 valence electrons. The van der Waals surface area contributed by atoms with E-state index in [1.54, 1.807) is 42.1 Å². The minimum Gasteiger partial charge on any atom is -0.507 e. The van der Waals surface area contributed by atoms with Crippen LogP contribution in [0.25, 0.3) is 11.3 Å². The first-order valence-corrected chi connectivity index (χ1v) is 10.5. The molecule has 2 heterocycles. The van der Waals surface area contributed by atoms with E-state index in [2.05, 4.69) is 15.7 Å². The van der Waals surface area contributed by atoms with Gasteiger partial charge in [-0.15, -0.1) is 0 Å². The topological polar surface area (TPSA) is 101 Å². The second-order valence-corrected chi connectivity index (χ2v) is 8.09. The van der Waals surface area contributed by atoms with Gasteiger partial charge in [0.15, 0.2) is 0 Å². The first-order chi connectivity index (χ1) is 14.9. The molecule has 8 nitrogen and oxygen atoms in total. The molecule has 4 rings (SSSR count). The van der Waals surface area contributed by atoms with E-state index < -0.39 is 0 Å². The number of aromatic hydroxyl groups is 1. The van der Waals surface area contributed by atoms with E-state index in [0.29, 0.717) is 28.6 Å². The van der Waals surface area contributed by atoms with Crippen molar-refractivity contribution in [3.8, 4) is 17.0 Å². The van der Waals surface area contributed by atoms with Gasteiger partial charge in [0.05, 0.1) is 11.4 Å². The maximum Gasteiger partial charge on any atom is 0.342 e. The Bertz CT molecular complexity index is 1130. The van der Waals surface area contributed by atoms with Gasteiger partial charge in [-0.25, -0.2) is 4.79 Å². The number of anilines is 1. The highest BCUT2D eigenvalue weighted by Gasteiger charge is 2.31. The summed E-state index contributed by atoms with van der Waals surface area (Å²) in [5.74, 6) is 0.0822. The zero-order chi connectivity index (χ0) is 22.1. The average molecular weight is 422 g/mol. The molecule has 0 bridgehead atoms. The van der Waals surface area contributed by atoms with Gasteiger partial charge in [0.2, 0.25) is 0 Å². The Morgan fingerprint density at radius 2 is 2.03 bits per heavy atom. The molecule has 1 unspecified atom stereocenters. The molecule has 3 N–H and O–H groups in total. The molecule has 1 aromatic carbocycles. The van der Waals surface area contributed by atoms with Crippen molar-refractivity contribution in [3.63, 3.8) is 0 Å². The van der Waals surface area contributed by atoms with Gasteiger partial charge in [-0.1, -0.05) is 6.92 Å². The number of hydrogen-bond acceptors (Lipinski definition) is 4. The van der Waals surface area contributed by atoms with Gasteiger partial charge >= 0.3 is 6.03 Å². The fraction of sp³-hybridized carbons (Fsp3) is 0.348. The van der Waals surface area contributed by atoms with Crippen LogP contribution in [-0.2, 0) is 7.05 Å². The number of rotatable bonds is 6. The summed E-state index contributed by atoms with van der Waals surface area (Å²) in [6, 6.07) is 9.98. The van der Waals surface area contributed by atoms with E-state index in [1.807, 2.05) is 19.9 Å². The number of aromatic nitrogens is 3. The number of nitrogens with zero attached hydrogens (tertiary/aromatic N) is 3. The Kier molecular flexibility index (Phi) is 5.54. The van der Waals surface area contributed by atoms with Crippen LogP contribution in [0.1, 0.15) is 55.2 Å². The molecule has 1 saturated carbocycles. The van der Waals surface area contributed by atoms with E-state index in [9.17, 15) is 14.7 Å². The molecule has 0 aliphatic heterocycles. The van der Waals surface area contributed by atoms with Crippen LogP contribution < -0.4 is 10.6 Å². The number of benzene rings is 1. The van der Waals surface area contributed by atoms with Crippen LogP contribution in [0.3, 0.4) is 0 Å². The SMILES string of the molecule is CCC(C)NC(=O)n1nc(-c2cc(NC(=O)c3cccn3C)ccc2O)cc1C1CC1. The summed E-state index contributed by atoms with van der Waals surface area (Å²) >= 11 is 0. The molecular formula is C23H27N5O3. The van der Waals surface area contributed by atoms with Gasteiger partial charge in [-0.3, -0.25) is 4.79 Å². The van der Waals surface area contributed by atoms with Crippen molar-refractivity contribution in [1.29, 1.82) is 0 Å². The average Bonchev–Trinajstić information content (AvgIpc) is 3.34. The van der Waals surface area contributed by atoms with Crippen LogP contribution in [-0.4, -0.2) is 37.4 Å². The summed E-state index contributed by atoms with van der Waals surface area (Å²) in [5, 5.41) is 20.8. The zero-order valence-electron chi connectivity index (χ0n) is 17.9. The van der Waals surface area contributed by atoms with Gasteiger partial charge in [-0.2, -0.15) is 9.78 Å². The Morgan fingerprint density at radius 1 is 1.26 bits per heavy atom. The zero-order valence-corrected chi connectivity index (χ0v) is 17.9. The number of aryl methyl sites for hydroxylation is 1. The van der Waals surface area contributed by atoms with Gasteiger partial charge in [-0.05, 0) is 62.6 Å². The Hall–Kier alpha value is -3.55. The lowest BCUT2D eigenvalue weighted by molar-refractivity contribution is 0.101. The molecule has 8 heteroatoms. The minimum absolute atomic E-state index is 0.0335. The number of hydrogen-bond donors (Lipinski definition) is 3. The Balaban J connectivity index is 1.64. The second-order valence-electron chi connectivity index (χ2n) is 8.09. The largest absolute Gasteiger partial charge is 0.507 e. The van der Waals surface area contributed by atoms with Crippen molar-refractivity contribution in [1.82, 2.24) is 19.7 Å². The summed E-state index contributed by atoms with van der Waals surface area (Å²) in [6.07, 6.45) is 4.65. The number of phenols is 1. The van der Waals surface area contributed by atoms with Crippen LogP contribution in [0.2, 0.25) is 0 Å². The normalized spacial score (nSPS) is 14.3. The standard InChI is InChI=1S/C23H27N5O3/c1-4-14(2)24-23(31)28-20(15-7-8-15)13-18(26-28)17-12-16(9-10-21(17)29)25-22(30)19-6-5-11-27(19)3/h5-6,9-15,29H,4,7-8H2,1-3H3,(H,24,31)(H,25,30). The minimum atomic E-state index is -0.268. The molecule has 1 fully saturated rings. The second kappa shape index (κ2) is 8.29. The van der Waals surface area contributed by atoms with Crippen LogP contribution in [0.4, 0.5) is 10.5 Å². The van der Waals surface area contributed by atoms with Crippen molar-refractivity contribution >= 4 is 17.6 Å². The molecule has 3 aromatic rings. The molecule has 0 radical (unpaired) electrons. The van der Waals surface area contributed by atoms with Crippen LogP contribution >= 0.6 is 0 Å². The van der Waals surface area contributed by atoms with Gasteiger partial charge in [0.1, 0.15) is 11.4 Å². The molecule has 1 aliphatic rings. The first kappa shape index (κ1) is 20.7. The third-order valence-electron chi connectivity index (χ3n) is 5.61. The van der Waals surface area contributed by atoms with Crippen molar-refractivity contribution < 1.29 is 14.7 Å². The Morgan fingerprint density at radius 3 is 2.68 bits per heavy atom. The number of carbonyl (C=O) groups is 2. The van der Waals surface area contributed by atoms with E-state index in [1.165, 1.54) is 10.7 Å². The van der Waals surface area contributed by atoms with Gasteiger partial charge in [0, 0.05) is 36.5 Å². The molecule has 2 aromatic heterocycles. The summed E-state index contributed by atoms with van der Waals surface area (Å²) in [5.41, 5.74) is 2.85. The van der Waals surface area contributed by atoms with E-state index in [0.717, 1.165) is 25.0 Å². The number of nitrogens with one attached hydrogen (secondary N) is 2. The molecule has 0 saturated heterocycles. The summed E-state index contributed by atoms with van der Waals surface area (Å²) in [6.45, 7) is 3.96. The van der Waals surface area contributed by atoms with Crippen molar-refractivity contribution in [2.45, 2.75) is 45.1 Å². The van der Waals surface area contributed by atoms with Crippen LogP contribution in [0, 0.1) is 0 Å². The maximum atomic E-state index is 12.7. The number of carbonyl (C=O) groups excluding carboxylic acids is 2. The lowest BCUT2D eigenvalue weighted by atomic mass is 10.1. The quantitative estimate of drug-likeness (QED) is 0.522. The lowest BCUT2D eigenvalue weighted by Gasteiger charge is -2.12. The highest BCUT2D eigenvalue weighted by atomic mass is 16.3. The fourth-order valence-corrected chi connectivity index (χ4v) is 3.44. The number of amides is 2. The van der Waals surface area contributed by atoms with E-state index in [-0.39, 0.29) is 23.7 Å². The molecule has 2 amide bonds. The van der Waals surface area contributed by atoms with Gasteiger partial charge < -0.3 is 20.3 Å². The molecular weight excluding hydrogens is 394 g/mol. The number of phenolic OH excluding ortho intramolecular Hbond substituents is 1. The van der Waals surface area contributed by atoms with E-state index >= 15 is 0 Å². The van der Waals surface area contributed by atoms with Gasteiger partial charge in [0.25, 0.3) is 5.91 Å². The third-order valence-corrected chi connectivity index (χ3v) is 5.61. The first-order valence-electron chi connectivity index (χ1n) is 10.5. The van der Waals surface area contributed by atoms with Crippen LogP contribution in [0.15, 0.2) is 42.6 Å². The van der Waals surface area contributed by atoms with E-state index in [4.69, 9.17) is 0 Å². The Labute approximate surface area is 180 Å². The smallest absolute Gasteiger partial charge is 0.342 e. The molecule has 0 spiro atoms. The third kappa shape index (κ3) is 4.33. The summed E-state index contributed by atoms with van der Waals surface area (Å²) < 4.78 is 3.14. The van der Waals surface area contributed by atoms with Crippen LogP contribution in [0.5, 0.6) is 5.75 Å². The lowest BCUT2D eigenvalue weighted by Crippen LogP contribution is -2.36. The summed E-state index contributed by atoms with van der Waals surface area (Å²) in [7, 11) is 1.80. The van der Waals surface area contributed by atoms with Crippen molar-refractivity contribution in [2.24, 2.45) is 7.05 Å². The van der Waals surface area contributed by atoms with Crippen molar-refractivity contribution in [2.75, 3.05) is 5.32 Å².